The number of benzene rings is 1. The molecule has 0 saturated carbocycles. The van der Waals surface area contributed by atoms with Crippen LogP contribution in [0.3, 0.4) is 0 Å². The summed E-state index contributed by atoms with van der Waals surface area (Å²) in [5, 5.41) is 20.9. The Morgan fingerprint density at radius 3 is 2.85 bits per heavy atom. The molecule has 2 rings (SSSR count). The highest BCUT2D eigenvalue weighted by Gasteiger charge is 2.22. The van der Waals surface area contributed by atoms with E-state index in [-0.39, 0.29) is 17.2 Å². The standard InChI is InChI=1S/C14H17N3O3/c1-2-16(9-4-10-18)13-7-6-12-11(5-3-8-15-12)14(13)17(19)20/h3,5-8,18H,2,4,9-10H2,1H3. The Hall–Kier alpha value is -2.21. The molecule has 0 spiro atoms. The van der Waals surface area contributed by atoms with Gasteiger partial charge in [0.2, 0.25) is 0 Å². The molecule has 0 radical (unpaired) electrons. The van der Waals surface area contributed by atoms with Crippen molar-refractivity contribution in [1.82, 2.24) is 4.98 Å². The van der Waals surface area contributed by atoms with E-state index in [4.69, 9.17) is 5.11 Å². The van der Waals surface area contributed by atoms with Gasteiger partial charge in [0.05, 0.1) is 15.8 Å². The normalized spacial score (nSPS) is 10.7. The SMILES string of the molecule is CCN(CCCO)c1ccc2ncccc2c1[N+](=O)[O-]. The predicted molar refractivity (Wildman–Crippen MR) is 78.0 cm³/mol. The molecule has 1 N–H and O–H groups in total. The molecule has 1 aromatic heterocycles. The van der Waals surface area contributed by atoms with Gasteiger partial charge in [0.25, 0.3) is 0 Å². The first-order valence-corrected chi connectivity index (χ1v) is 6.57. The van der Waals surface area contributed by atoms with Crippen LogP contribution in [0.1, 0.15) is 13.3 Å². The van der Waals surface area contributed by atoms with Crippen LogP contribution in [0.25, 0.3) is 10.9 Å². The molecule has 0 atom stereocenters. The summed E-state index contributed by atoms with van der Waals surface area (Å²) in [5.74, 6) is 0. The smallest absolute Gasteiger partial charge is 0.301 e. The summed E-state index contributed by atoms with van der Waals surface area (Å²) in [6.45, 7) is 3.24. The molecule has 6 nitrogen and oxygen atoms in total. The van der Waals surface area contributed by atoms with Crippen LogP contribution in [0, 0.1) is 10.1 Å². The highest BCUT2D eigenvalue weighted by molar-refractivity contribution is 5.94. The molecule has 0 fully saturated rings. The van der Waals surface area contributed by atoms with Crippen LogP contribution in [0.15, 0.2) is 30.5 Å². The van der Waals surface area contributed by atoms with Gasteiger partial charge in [-0.25, -0.2) is 0 Å². The quantitative estimate of drug-likeness (QED) is 0.646. The maximum atomic E-state index is 11.4. The number of nitro groups is 1. The molecular weight excluding hydrogens is 258 g/mol. The van der Waals surface area contributed by atoms with E-state index < -0.39 is 0 Å². The molecular formula is C14H17N3O3. The molecule has 0 aliphatic rings. The minimum atomic E-state index is -0.360. The number of aromatic nitrogens is 1. The molecule has 2 aromatic rings. The Balaban J connectivity index is 2.57. The lowest BCUT2D eigenvalue weighted by molar-refractivity contribution is -0.382. The summed E-state index contributed by atoms with van der Waals surface area (Å²) in [7, 11) is 0. The third-order valence-corrected chi connectivity index (χ3v) is 3.23. The zero-order valence-corrected chi connectivity index (χ0v) is 11.3. The van der Waals surface area contributed by atoms with Crippen LogP contribution in [0.5, 0.6) is 0 Å². The Kier molecular flexibility index (Phi) is 4.47. The average molecular weight is 275 g/mol. The highest BCUT2D eigenvalue weighted by atomic mass is 16.6. The number of aliphatic hydroxyl groups excluding tert-OH is 1. The van der Waals surface area contributed by atoms with Gasteiger partial charge in [-0.05, 0) is 37.6 Å². The first kappa shape index (κ1) is 14.2. The van der Waals surface area contributed by atoms with Crippen molar-refractivity contribution < 1.29 is 10.0 Å². The Bertz CT molecular complexity index is 616. The van der Waals surface area contributed by atoms with E-state index in [9.17, 15) is 10.1 Å². The molecule has 6 heteroatoms. The molecule has 0 aliphatic carbocycles. The van der Waals surface area contributed by atoms with Gasteiger partial charge in [-0.1, -0.05) is 0 Å². The van der Waals surface area contributed by atoms with E-state index >= 15 is 0 Å². The van der Waals surface area contributed by atoms with E-state index in [0.29, 0.717) is 36.1 Å². The van der Waals surface area contributed by atoms with Crippen molar-refractivity contribution in [2.45, 2.75) is 13.3 Å². The number of hydrogen-bond acceptors (Lipinski definition) is 5. The van der Waals surface area contributed by atoms with Crippen molar-refractivity contribution in [3.63, 3.8) is 0 Å². The number of pyridine rings is 1. The average Bonchev–Trinajstić information content (AvgIpc) is 2.47. The van der Waals surface area contributed by atoms with Crippen LogP contribution >= 0.6 is 0 Å². The molecule has 1 heterocycles. The first-order chi connectivity index (χ1) is 9.69. The third-order valence-electron chi connectivity index (χ3n) is 3.23. The predicted octanol–water partition coefficient (Wildman–Crippen LogP) is 2.35. The summed E-state index contributed by atoms with van der Waals surface area (Å²) in [5.41, 5.74) is 1.27. The number of rotatable bonds is 6. The van der Waals surface area contributed by atoms with Gasteiger partial charge in [0.1, 0.15) is 5.69 Å². The summed E-state index contributed by atoms with van der Waals surface area (Å²) in [6.07, 6.45) is 2.20. The van der Waals surface area contributed by atoms with Crippen LogP contribution in [-0.4, -0.2) is 34.7 Å². The largest absolute Gasteiger partial charge is 0.396 e. The molecule has 0 amide bonds. The fourth-order valence-electron chi connectivity index (χ4n) is 2.28. The van der Waals surface area contributed by atoms with Crippen LogP contribution < -0.4 is 4.90 Å². The zero-order valence-electron chi connectivity index (χ0n) is 11.3. The summed E-state index contributed by atoms with van der Waals surface area (Å²) in [4.78, 5) is 17.1. The van der Waals surface area contributed by atoms with E-state index in [1.165, 1.54) is 0 Å². The van der Waals surface area contributed by atoms with Crippen LogP contribution in [0.2, 0.25) is 0 Å². The van der Waals surface area contributed by atoms with E-state index in [1.54, 1.807) is 30.5 Å². The van der Waals surface area contributed by atoms with Crippen molar-refractivity contribution in [2.75, 3.05) is 24.6 Å². The van der Waals surface area contributed by atoms with Crippen LogP contribution in [0.4, 0.5) is 11.4 Å². The van der Waals surface area contributed by atoms with Gasteiger partial charge < -0.3 is 10.0 Å². The molecule has 0 saturated heterocycles. The summed E-state index contributed by atoms with van der Waals surface area (Å²) < 4.78 is 0. The molecule has 0 bridgehead atoms. The lowest BCUT2D eigenvalue weighted by Gasteiger charge is -2.22. The minimum absolute atomic E-state index is 0.0689. The monoisotopic (exact) mass is 275 g/mol. The second kappa shape index (κ2) is 6.29. The lowest BCUT2D eigenvalue weighted by atomic mass is 10.1. The van der Waals surface area contributed by atoms with Crippen molar-refractivity contribution in [3.8, 4) is 0 Å². The van der Waals surface area contributed by atoms with Crippen molar-refractivity contribution in [1.29, 1.82) is 0 Å². The third kappa shape index (κ3) is 2.70. The molecule has 0 unspecified atom stereocenters. The molecule has 0 aliphatic heterocycles. The number of anilines is 1. The van der Waals surface area contributed by atoms with Gasteiger partial charge in [0.15, 0.2) is 0 Å². The lowest BCUT2D eigenvalue weighted by Crippen LogP contribution is -2.25. The Morgan fingerprint density at radius 2 is 2.20 bits per heavy atom. The maximum Gasteiger partial charge on any atom is 0.301 e. The van der Waals surface area contributed by atoms with Gasteiger partial charge in [-0.15, -0.1) is 0 Å². The number of nitrogens with zero attached hydrogens (tertiary/aromatic N) is 3. The molecule has 1 aromatic carbocycles. The van der Waals surface area contributed by atoms with Crippen molar-refractivity contribution in [2.24, 2.45) is 0 Å². The second-order valence-corrected chi connectivity index (χ2v) is 4.42. The number of hydrogen-bond donors (Lipinski definition) is 1. The Morgan fingerprint density at radius 1 is 1.40 bits per heavy atom. The van der Waals surface area contributed by atoms with Crippen molar-refractivity contribution >= 4 is 22.3 Å². The topological polar surface area (TPSA) is 79.5 Å². The first-order valence-electron chi connectivity index (χ1n) is 6.57. The van der Waals surface area contributed by atoms with Gasteiger partial charge in [0, 0.05) is 25.9 Å². The van der Waals surface area contributed by atoms with Crippen LogP contribution in [-0.2, 0) is 0 Å². The summed E-state index contributed by atoms with van der Waals surface area (Å²) in [6, 6.07) is 6.93. The number of fused-ring (bicyclic) bond motifs is 1. The fraction of sp³-hybridized carbons (Fsp3) is 0.357. The molecule has 106 valence electrons. The highest BCUT2D eigenvalue weighted by Crippen LogP contribution is 2.35. The summed E-state index contributed by atoms with van der Waals surface area (Å²) >= 11 is 0. The van der Waals surface area contributed by atoms with E-state index in [2.05, 4.69) is 4.98 Å². The maximum absolute atomic E-state index is 11.4. The van der Waals surface area contributed by atoms with Gasteiger partial charge in [-0.2, -0.15) is 0 Å². The minimum Gasteiger partial charge on any atom is -0.396 e. The van der Waals surface area contributed by atoms with E-state index in [1.807, 2.05) is 11.8 Å². The van der Waals surface area contributed by atoms with Gasteiger partial charge >= 0.3 is 5.69 Å². The fourth-order valence-corrected chi connectivity index (χ4v) is 2.28. The van der Waals surface area contributed by atoms with Crippen molar-refractivity contribution in [3.05, 3.63) is 40.6 Å². The van der Waals surface area contributed by atoms with Gasteiger partial charge in [-0.3, -0.25) is 15.1 Å². The Labute approximate surface area is 116 Å². The van der Waals surface area contributed by atoms with E-state index in [0.717, 1.165) is 0 Å². The number of nitro benzene ring substituents is 1. The zero-order chi connectivity index (χ0) is 14.5. The second-order valence-electron chi connectivity index (χ2n) is 4.42. The number of aliphatic hydroxyl groups is 1. The molecule has 20 heavy (non-hydrogen) atoms.